The summed E-state index contributed by atoms with van der Waals surface area (Å²) in [5, 5.41) is 12.6. The molecule has 3 unspecified atom stereocenters. The lowest BCUT2D eigenvalue weighted by Crippen LogP contribution is -2.53. The largest absolute Gasteiger partial charge is 0.480 e. The molecular weight excluding hydrogens is 244 g/mol. The summed E-state index contributed by atoms with van der Waals surface area (Å²) in [5.74, 6) is -0.455. The van der Waals surface area contributed by atoms with Crippen molar-refractivity contribution in [2.75, 3.05) is 33.9 Å². The second-order valence-electron chi connectivity index (χ2n) is 5.90. The van der Waals surface area contributed by atoms with Gasteiger partial charge in [-0.2, -0.15) is 0 Å². The summed E-state index contributed by atoms with van der Waals surface area (Å²) in [7, 11) is 3.90. The molecule has 1 aliphatic carbocycles. The van der Waals surface area contributed by atoms with Gasteiger partial charge in [0.1, 0.15) is 5.54 Å². The van der Waals surface area contributed by atoms with Crippen LogP contribution in [-0.4, -0.2) is 61.4 Å². The first kappa shape index (κ1) is 14.8. The van der Waals surface area contributed by atoms with E-state index in [1.165, 1.54) is 0 Å². The third-order valence-electron chi connectivity index (χ3n) is 5.01. The van der Waals surface area contributed by atoms with E-state index >= 15 is 0 Å². The van der Waals surface area contributed by atoms with Crippen molar-refractivity contribution in [1.82, 2.24) is 10.2 Å². The number of carbonyl (C=O) groups is 1. The second kappa shape index (κ2) is 6.20. The van der Waals surface area contributed by atoms with E-state index in [1.807, 2.05) is 0 Å². The predicted octanol–water partition coefficient (Wildman–Crippen LogP) is 0.940. The molecule has 1 saturated carbocycles. The molecule has 2 fully saturated rings. The molecule has 5 heteroatoms. The minimum absolute atomic E-state index is 0.236. The molecule has 2 rings (SSSR count). The Labute approximate surface area is 115 Å². The first-order valence-corrected chi connectivity index (χ1v) is 7.30. The van der Waals surface area contributed by atoms with Crippen LogP contribution < -0.4 is 5.32 Å². The Kier molecular flexibility index (Phi) is 4.81. The molecular formula is C14H26N2O3. The number of hydrogen-bond acceptors (Lipinski definition) is 4. The first-order chi connectivity index (χ1) is 9.10. The van der Waals surface area contributed by atoms with Gasteiger partial charge >= 0.3 is 5.97 Å². The molecule has 0 aromatic heterocycles. The van der Waals surface area contributed by atoms with Crippen molar-refractivity contribution in [2.45, 2.75) is 43.7 Å². The maximum atomic E-state index is 11.6. The molecule has 3 atom stereocenters. The Morgan fingerprint density at radius 2 is 2.32 bits per heavy atom. The molecule has 2 N–H and O–H groups in total. The van der Waals surface area contributed by atoms with E-state index in [9.17, 15) is 9.90 Å². The van der Waals surface area contributed by atoms with Crippen LogP contribution in [-0.2, 0) is 9.53 Å². The van der Waals surface area contributed by atoms with Gasteiger partial charge in [-0.3, -0.25) is 4.79 Å². The number of aliphatic carboxylic acids is 1. The number of carboxylic acids is 1. The molecule has 0 aromatic rings. The van der Waals surface area contributed by atoms with Crippen molar-refractivity contribution < 1.29 is 14.6 Å². The zero-order valence-corrected chi connectivity index (χ0v) is 12.0. The van der Waals surface area contributed by atoms with Crippen LogP contribution in [0.3, 0.4) is 0 Å². The molecule has 5 nitrogen and oxygen atoms in total. The van der Waals surface area contributed by atoms with E-state index in [0.29, 0.717) is 6.04 Å². The van der Waals surface area contributed by atoms with Crippen LogP contribution in [0.4, 0.5) is 0 Å². The summed E-state index contributed by atoms with van der Waals surface area (Å²) < 4.78 is 5.40. The Morgan fingerprint density at radius 1 is 1.53 bits per heavy atom. The average molecular weight is 270 g/mol. The molecule has 0 radical (unpaired) electrons. The van der Waals surface area contributed by atoms with Gasteiger partial charge in [-0.15, -0.1) is 0 Å². The van der Waals surface area contributed by atoms with E-state index in [2.05, 4.69) is 17.3 Å². The topological polar surface area (TPSA) is 61.8 Å². The third-order valence-corrected chi connectivity index (χ3v) is 5.01. The lowest BCUT2D eigenvalue weighted by atomic mass is 9.84. The quantitative estimate of drug-likeness (QED) is 0.752. The number of hydrogen-bond donors (Lipinski definition) is 2. The summed E-state index contributed by atoms with van der Waals surface area (Å²) in [5.41, 5.74) is -0.701. The second-order valence-corrected chi connectivity index (χ2v) is 5.90. The van der Waals surface area contributed by atoms with Crippen LogP contribution in [0, 0.1) is 5.92 Å². The highest BCUT2D eigenvalue weighted by Crippen LogP contribution is 2.38. The zero-order chi connectivity index (χ0) is 13.9. The highest BCUT2D eigenvalue weighted by molar-refractivity contribution is 5.79. The molecule has 110 valence electrons. The normalized spacial score (nSPS) is 35.1. The maximum absolute atomic E-state index is 11.6. The average Bonchev–Trinajstić information content (AvgIpc) is 3.05. The summed E-state index contributed by atoms with van der Waals surface area (Å²) in [6.07, 6.45) is 4.81. The Balaban J connectivity index is 1.89. The molecule has 1 saturated heterocycles. The van der Waals surface area contributed by atoms with E-state index in [-0.39, 0.29) is 5.92 Å². The fourth-order valence-electron chi connectivity index (χ4n) is 3.60. The summed E-state index contributed by atoms with van der Waals surface area (Å²) in [4.78, 5) is 13.9. The zero-order valence-electron chi connectivity index (χ0n) is 12.0. The SMILES string of the molecule is CNC1(C(=O)O)CCCC1CCN(C)C1CCOC1. The molecule has 0 aromatic carbocycles. The molecule has 1 heterocycles. The fraction of sp³-hybridized carbons (Fsp3) is 0.929. The predicted molar refractivity (Wildman–Crippen MR) is 73.2 cm³/mol. The molecule has 1 aliphatic heterocycles. The van der Waals surface area contributed by atoms with Crippen molar-refractivity contribution in [3.8, 4) is 0 Å². The summed E-state index contributed by atoms with van der Waals surface area (Å²) >= 11 is 0. The lowest BCUT2D eigenvalue weighted by molar-refractivity contribution is -0.146. The molecule has 0 spiro atoms. The van der Waals surface area contributed by atoms with Gasteiger partial charge < -0.3 is 20.1 Å². The van der Waals surface area contributed by atoms with Crippen LogP contribution in [0.15, 0.2) is 0 Å². The number of nitrogens with one attached hydrogen (secondary N) is 1. The van der Waals surface area contributed by atoms with Crippen molar-refractivity contribution >= 4 is 5.97 Å². The van der Waals surface area contributed by atoms with Crippen LogP contribution >= 0.6 is 0 Å². The summed E-state index contributed by atoms with van der Waals surface area (Å²) in [6, 6.07) is 0.509. The maximum Gasteiger partial charge on any atom is 0.324 e. The van der Waals surface area contributed by atoms with Crippen molar-refractivity contribution in [3.63, 3.8) is 0 Å². The minimum Gasteiger partial charge on any atom is -0.480 e. The molecule has 0 amide bonds. The Morgan fingerprint density at radius 3 is 2.89 bits per heavy atom. The van der Waals surface area contributed by atoms with E-state index in [1.54, 1.807) is 7.05 Å². The van der Waals surface area contributed by atoms with Gasteiger partial charge in [0.2, 0.25) is 0 Å². The summed E-state index contributed by atoms with van der Waals surface area (Å²) in [6.45, 7) is 2.63. The smallest absolute Gasteiger partial charge is 0.324 e. The van der Waals surface area contributed by atoms with Gasteiger partial charge in [-0.1, -0.05) is 6.42 Å². The van der Waals surface area contributed by atoms with Gasteiger partial charge in [0, 0.05) is 12.6 Å². The highest BCUT2D eigenvalue weighted by atomic mass is 16.5. The molecule has 0 bridgehead atoms. The van der Waals surface area contributed by atoms with Gasteiger partial charge in [0.25, 0.3) is 0 Å². The number of rotatable bonds is 6. The van der Waals surface area contributed by atoms with Gasteiger partial charge in [0.05, 0.1) is 6.61 Å². The number of ether oxygens (including phenoxy) is 1. The minimum atomic E-state index is -0.701. The molecule has 19 heavy (non-hydrogen) atoms. The number of likely N-dealkylation sites (N-methyl/N-ethyl adjacent to an activating group) is 2. The molecule has 2 aliphatic rings. The van der Waals surface area contributed by atoms with E-state index < -0.39 is 11.5 Å². The standard InChI is InChI=1S/C14H26N2O3/c1-15-14(13(17)18)7-3-4-11(14)5-8-16(2)12-6-9-19-10-12/h11-12,15H,3-10H2,1-2H3,(H,17,18). The van der Waals surface area contributed by atoms with E-state index in [4.69, 9.17) is 4.74 Å². The van der Waals surface area contributed by atoms with Crippen molar-refractivity contribution in [2.24, 2.45) is 5.92 Å². The lowest BCUT2D eigenvalue weighted by Gasteiger charge is -2.33. The fourth-order valence-corrected chi connectivity index (χ4v) is 3.60. The van der Waals surface area contributed by atoms with Crippen LogP contribution in [0.25, 0.3) is 0 Å². The van der Waals surface area contributed by atoms with Gasteiger partial charge in [0.15, 0.2) is 0 Å². The number of carboxylic acid groups (broad SMARTS) is 1. The van der Waals surface area contributed by atoms with Crippen LogP contribution in [0.1, 0.15) is 32.1 Å². The van der Waals surface area contributed by atoms with Crippen molar-refractivity contribution in [3.05, 3.63) is 0 Å². The van der Waals surface area contributed by atoms with Crippen LogP contribution in [0.2, 0.25) is 0 Å². The van der Waals surface area contributed by atoms with Crippen LogP contribution in [0.5, 0.6) is 0 Å². The van der Waals surface area contributed by atoms with E-state index in [0.717, 1.165) is 51.9 Å². The van der Waals surface area contributed by atoms with Crippen molar-refractivity contribution in [1.29, 1.82) is 0 Å². The first-order valence-electron chi connectivity index (χ1n) is 7.30. The highest BCUT2D eigenvalue weighted by Gasteiger charge is 2.47. The third kappa shape index (κ3) is 2.93. The Bertz CT molecular complexity index is 318. The Hall–Kier alpha value is -0.650. The number of nitrogens with zero attached hydrogens (tertiary/aromatic N) is 1. The van der Waals surface area contributed by atoms with Gasteiger partial charge in [-0.05, 0) is 52.2 Å². The monoisotopic (exact) mass is 270 g/mol. The van der Waals surface area contributed by atoms with Gasteiger partial charge in [-0.25, -0.2) is 0 Å².